The fourth-order valence-electron chi connectivity index (χ4n) is 1.88. The summed E-state index contributed by atoms with van der Waals surface area (Å²) in [6, 6.07) is 12.0. The highest BCUT2D eigenvalue weighted by molar-refractivity contribution is 6.34. The van der Waals surface area contributed by atoms with Crippen LogP contribution < -0.4 is 5.32 Å². The van der Waals surface area contributed by atoms with Crippen LogP contribution in [0.3, 0.4) is 0 Å². The molecule has 5 heteroatoms. The van der Waals surface area contributed by atoms with E-state index in [4.69, 9.17) is 23.2 Å². The molecule has 0 bridgehead atoms. The van der Waals surface area contributed by atoms with Gasteiger partial charge in [0.1, 0.15) is 0 Å². The van der Waals surface area contributed by atoms with E-state index in [9.17, 15) is 9.90 Å². The summed E-state index contributed by atoms with van der Waals surface area (Å²) in [6.45, 7) is 2.04. The molecule has 0 heterocycles. The second-order valence-electron chi connectivity index (χ2n) is 4.79. The highest BCUT2D eigenvalue weighted by Crippen LogP contribution is 2.23. The SMILES string of the molecule is Cc1ccc(C(=O)NCC(O)c2cc(Cl)cc(Cl)c2)cc1. The lowest BCUT2D eigenvalue weighted by Gasteiger charge is -2.13. The number of hydrogen-bond donors (Lipinski definition) is 2. The largest absolute Gasteiger partial charge is 0.387 e. The average molecular weight is 324 g/mol. The summed E-state index contributed by atoms with van der Waals surface area (Å²) in [5, 5.41) is 13.6. The lowest BCUT2D eigenvalue weighted by molar-refractivity contribution is 0.0916. The van der Waals surface area contributed by atoms with Gasteiger partial charge in [0.05, 0.1) is 6.10 Å². The zero-order valence-corrected chi connectivity index (χ0v) is 12.9. The molecule has 1 amide bonds. The maximum absolute atomic E-state index is 12.0. The van der Waals surface area contributed by atoms with Gasteiger partial charge in [-0.05, 0) is 42.8 Å². The maximum Gasteiger partial charge on any atom is 0.251 e. The normalized spacial score (nSPS) is 12.0. The summed E-state index contributed by atoms with van der Waals surface area (Å²) >= 11 is 11.8. The van der Waals surface area contributed by atoms with Gasteiger partial charge in [-0.1, -0.05) is 40.9 Å². The molecule has 0 saturated carbocycles. The minimum absolute atomic E-state index is 0.0867. The number of aryl methyl sites for hydroxylation is 1. The van der Waals surface area contributed by atoms with Crippen molar-refractivity contribution >= 4 is 29.1 Å². The van der Waals surface area contributed by atoms with Crippen molar-refractivity contribution < 1.29 is 9.90 Å². The standard InChI is InChI=1S/C16H15Cl2NO2/c1-10-2-4-11(5-3-10)16(21)19-9-15(20)12-6-13(17)8-14(18)7-12/h2-8,15,20H,9H2,1H3,(H,19,21). The molecule has 0 aromatic heterocycles. The number of carbonyl (C=O) groups is 1. The smallest absolute Gasteiger partial charge is 0.251 e. The van der Waals surface area contributed by atoms with Gasteiger partial charge in [-0.3, -0.25) is 4.79 Å². The summed E-state index contributed by atoms with van der Waals surface area (Å²) in [5.41, 5.74) is 2.20. The van der Waals surface area contributed by atoms with Crippen LogP contribution in [-0.4, -0.2) is 17.6 Å². The minimum Gasteiger partial charge on any atom is -0.387 e. The third-order valence-electron chi connectivity index (χ3n) is 3.04. The predicted molar refractivity (Wildman–Crippen MR) is 84.9 cm³/mol. The summed E-state index contributed by atoms with van der Waals surface area (Å²) in [5.74, 6) is -0.234. The fourth-order valence-corrected chi connectivity index (χ4v) is 2.42. The highest BCUT2D eigenvalue weighted by atomic mass is 35.5. The molecule has 3 nitrogen and oxygen atoms in total. The Kier molecular flexibility index (Phi) is 5.23. The van der Waals surface area contributed by atoms with Gasteiger partial charge >= 0.3 is 0 Å². The summed E-state index contributed by atoms with van der Waals surface area (Å²) < 4.78 is 0. The van der Waals surface area contributed by atoms with Crippen LogP contribution in [0.4, 0.5) is 0 Å². The number of halogens is 2. The van der Waals surface area contributed by atoms with Gasteiger partial charge < -0.3 is 10.4 Å². The van der Waals surface area contributed by atoms with Gasteiger partial charge in [-0.15, -0.1) is 0 Å². The molecule has 2 aromatic carbocycles. The molecule has 1 atom stereocenters. The average Bonchev–Trinajstić information content (AvgIpc) is 2.44. The lowest BCUT2D eigenvalue weighted by Crippen LogP contribution is -2.28. The van der Waals surface area contributed by atoms with E-state index in [-0.39, 0.29) is 12.5 Å². The Morgan fingerprint density at radius 2 is 1.71 bits per heavy atom. The van der Waals surface area contributed by atoms with E-state index in [1.165, 1.54) is 0 Å². The molecule has 1 unspecified atom stereocenters. The molecule has 2 aromatic rings. The van der Waals surface area contributed by atoms with Gasteiger partial charge in [0.15, 0.2) is 0 Å². The number of benzene rings is 2. The molecule has 0 aliphatic heterocycles. The molecule has 2 rings (SSSR count). The van der Waals surface area contributed by atoms with E-state index in [1.54, 1.807) is 30.3 Å². The van der Waals surface area contributed by atoms with Crippen LogP contribution in [0.1, 0.15) is 27.6 Å². The molecule has 2 N–H and O–H groups in total. The molecule has 21 heavy (non-hydrogen) atoms. The second kappa shape index (κ2) is 6.94. The van der Waals surface area contributed by atoms with E-state index >= 15 is 0 Å². The topological polar surface area (TPSA) is 49.3 Å². The molecule has 0 radical (unpaired) electrons. The molecular formula is C16H15Cl2NO2. The molecule has 0 fully saturated rings. The number of rotatable bonds is 4. The zero-order valence-electron chi connectivity index (χ0n) is 11.4. The van der Waals surface area contributed by atoms with E-state index in [2.05, 4.69) is 5.32 Å². The van der Waals surface area contributed by atoms with Crippen molar-refractivity contribution in [3.63, 3.8) is 0 Å². The summed E-state index contributed by atoms with van der Waals surface area (Å²) in [7, 11) is 0. The quantitative estimate of drug-likeness (QED) is 0.899. The van der Waals surface area contributed by atoms with Crippen LogP contribution in [0.5, 0.6) is 0 Å². The van der Waals surface area contributed by atoms with Crippen LogP contribution >= 0.6 is 23.2 Å². The van der Waals surface area contributed by atoms with Gasteiger partial charge in [0.25, 0.3) is 5.91 Å². The number of nitrogens with one attached hydrogen (secondary N) is 1. The van der Waals surface area contributed by atoms with E-state index in [0.717, 1.165) is 5.56 Å². The molecule has 0 saturated heterocycles. The van der Waals surface area contributed by atoms with Crippen molar-refractivity contribution in [1.29, 1.82) is 0 Å². The Morgan fingerprint density at radius 3 is 2.29 bits per heavy atom. The summed E-state index contributed by atoms with van der Waals surface area (Å²) in [4.78, 5) is 12.0. The Labute approximate surface area is 133 Å². The second-order valence-corrected chi connectivity index (χ2v) is 5.67. The van der Waals surface area contributed by atoms with Crippen molar-refractivity contribution in [3.05, 3.63) is 69.2 Å². The number of carbonyl (C=O) groups excluding carboxylic acids is 1. The maximum atomic E-state index is 12.0. The van der Waals surface area contributed by atoms with Crippen LogP contribution in [0.25, 0.3) is 0 Å². The highest BCUT2D eigenvalue weighted by Gasteiger charge is 2.12. The van der Waals surface area contributed by atoms with Gasteiger partial charge in [0, 0.05) is 22.2 Å². The Hall–Kier alpha value is -1.55. The Balaban J connectivity index is 1.98. The van der Waals surface area contributed by atoms with Crippen LogP contribution in [0, 0.1) is 6.92 Å². The van der Waals surface area contributed by atoms with Crippen molar-refractivity contribution in [2.75, 3.05) is 6.54 Å². The Bertz CT molecular complexity index is 621. The monoisotopic (exact) mass is 323 g/mol. The van der Waals surface area contributed by atoms with Crippen LogP contribution in [0.2, 0.25) is 10.0 Å². The van der Waals surface area contributed by atoms with Gasteiger partial charge in [0.2, 0.25) is 0 Å². The van der Waals surface area contributed by atoms with E-state index < -0.39 is 6.10 Å². The molecule has 110 valence electrons. The van der Waals surface area contributed by atoms with Gasteiger partial charge in [-0.25, -0.2) is 0 Å². The first-order valence-corrected chi connectivity index (χ1v) is 7.20. The van der Waals surface area contributed by atoms with Crippen molar-refractivity contribution in [2.24, 2.45) is 0 Å². The molecule has 0 aliphatic carbocycles. The number of amides is 1. The van der Waals surface area contributed by atoms with Crippen molar-refractivity contribution in [3.8, 4) is 0 Å². The first kappa shape index (κ1) is 15.8. The summed E-state index contributed by atoms with van der Waals surface area (Å²) in [6.07, 6.45) is -0.865. The van der Waals surface area contributed by atoms with Crippen molar-refractivity contribution in [1.82, 2.24) is 5.32 Å². The van der Waals surface area contributed by atoms with E-state index in [1.807, 2.05) is 19.1 Å². The minimum atomic E-state index is -0.865. The molecule has 0 aliphatic rings. The van der Waals surface area contributed by atoms with Crippen LogP contribution in [-0.2, 0) is 0 Å². The predicted octanol–water partition coefficient (Wildman–Crippen LogP) is 3.77. The molecule has 0 spiro atoms. The third kappa shape index (κ3) is 4.46. The first-order chi connectivity index (χ1) is 9.95. The Morgan fingerprint density at radius 1 is 1.14 bits per heavy atom. The number of aliphatic hydroxyl groups excluding tert-OH is 1. The van der Waals surface area contributed by atoms with Gasteiger partial charge in [-0.2, -0.15) is 0 Å². The van der Waals surface area contributed by atoms with Crippen LogP contribution in [0.15, 0.2) is 42.5 Å². The number of hydrogen-bond acceptors (Lipinski definition) is 2. The number of aliphatic hydroxyl groups is 1. The molecular weight excluding hydrogens is 309 g/mol. The lowest BCUT2D eigenvalue weighted by atomic mass is 10.1. The van der Waals surface area contributed by atoms with E-state index in [0.29, 0.717) is 21.2 Å². The first-order valence-electron chi connectivity index (χ1n) is 6.44. The van der Waals surface area contributed by atoms with Crippen molar-refractivity contribution in [2.45, 2.75) is 13.0 Å². The fraction of sp³-hybridized carbons (Fsp3) is 0.188. The third-order valence-corrected chi connectivity index (χ3v) is 3.48. The zero-order chi connectivity index (χ0) is 15.4.